The summed E-state index contributed by atoms with van der Waals surface area (Å²) in [6.45, 7) is 5.62. The molecule has 1 atom stereocenters. The van der Waals surface area contributed by atoms with E-state index in [-0.39, 0.29) is 6.10 Å². The first-order valence-corrected chi connectivity index (χ1v) is 10.8. The van der Waals surface area contributed by atoms with Gasteiger partial charge in [0.25, 0.3) is 0 Å². The molecule has 5 rings (SSSR count). The molecule has 0 saturated heterocycles. The molecule has 2 aliphatic rings. The second kappa shape index (κ2) is 7.38. The van der Waals surface area contributed by atoms with E-state index >= 15 is 0 Å². The van der Waals surface area contributed by atoms with Crippen molar-refractivity contribution in [2.75, 3.05) is 13.1 Å². The van der Waals surface area contributed by atoms with Gasteiger partial charge in [-0.15, -0.1) is 0 Å². The van der Waals surface area contributed by atoms with Gasteiger partial charge in [-0.3, -0.25) is 4.90 Å². The molecule has 1 N–H and O–H groups in total. The largest absolute Gasteiger partial charge is 0.390 e. The zero-order valence-electron chi connectivity index (χ0n) is 16.8. The third-order valence-corrected chi connectivity index (χ3v) is 6.60. The fourth-order valence-electron chi connectivity index (χ4n) is 5.23. The molecular formula is C25H30N2O. The number of hydrogen-bond acceptors (Lipinski definition) is 2. The van der Waals surface area contributed by atoms with Crippen LogP contribution in [0.25, 0.3) is 10.9 Å². The fraction of sp³-hybridized carbons (Fsp3) is 0.440. The summed E-state index contributed by atoms with van der Waals surface area (Å²) in [6.07, 6.45) is 5.63. The second-order valence-corrected chi connectivity index (χ2v) is 8.67. The lowest BCUT2D eigenvalue weighted by molar-refractivity contribution is 0.0920. The van der Waals surface area contributed by atoms with Crippen molar-refractivity contribution in [3.63, 3.8) is 0 Å². The molecule has 1 unspecified atom stereocenters. The first kappa shape index (κ1) is 18.0. The van der Waals surface area contributed by atoms with Gasteiger partial charge in [-0.2, -0.15) is 0 Å². The molecule has 3 heteroatoms. The number of aromatic nitrogens is 1. The molecule has 146 valence electrons. The Balaban J connectivity index is 1.37. The van der Waals surface area contributed by atoms with E-state index in [0.29, 0.717) is 6.54 Å². The van der Waals surface area contributed by atoms with Crippen molar-refractivity contribution in [3.8, 4) is 0 Å². The average Bonchev–Trinajstić information content (AvgIpc) is 3.01. The van der Waals surface area contributed by atoms with Gasteiger partial charge in [0.2, 0.25) is 0 Å². The Kier molecular flexibility index (Phi) is 4.73. The van der Waals surface area contributed by atoms with Crippen LogP contribution in [0.4, 0.5) is 0 Å². The summed E-state index contributed by atoms with van der Waals surface area (Å²) < 4.78 is 2.42. The van der Waals surface area contributed by atoms with Gasteiger partial charge in [-0.25, -0.2) is 0 Å². The maximum absolute atomic E-state index is 11.0. The molecule has 0 amide bonds. The summed E-state index contributed by atoms with van der Waals surface area (Å²) in [5.74, 6) is 0. The van der Waals surface area contributed by atoms with Gasteiger partial charge >= 0.3 is 0 Å². The summed E-state index contributed by atoms with van der Waals surface area (Å²) in [4.78, 5) is 2.41. The molecule has 0 bridgehead atoms. The molecule has 0 spiro atoms. The topological polar surface area (TPSA) is 28.4 Å². The average molecular weight is 375 g/mol. The summed E-state index contributed by atoms with van der Waals surface area (Å²) in [6, 6.07) is 15.5. The number of aryl methyl sites for hydroxylation is 2. The predicted molar refractivity (Wildman–Crippen MR) is 115 cm³/mol. The van der Waals surface area contributed by atoms with Gasteiger partial charge in [0.15, 0.2) is 0 Å². The molecule has 1 aliphatic heterocycles. The molecule has 1 aromatic heterocycles. The Morgan fingerprint density at radius 2 is 1.79 bits per heavy atom. The molecular weight excluding hydrogens is 344 g/mol. The first-order chi connectivity index (χ1) is 13.7. The molecule has 2 heterocycles. The van der Waals surface area contributed by atoms with Crippen molar-refractivity contribution < 1.29 is 5.11 Å². The highest BCUT2D eigenvalue weighted by Gasteiger charge is 2.23. The van der Waals surface area contributed by atoms with Gasteiger partial charge in [-0.05, 0) is 67.9 Å². The van der Waals surface area contributed by atoms with Crippen LogP contribution in [-0.4, -0.2) is 33.8 Å². The SMILES string of the molecule is Cc1ccc2c(c1)c1c(n2CC(O)CN2CCc3ccccc3C2)CCCC1. The monoisotopic (exact) mass is 374 g/mol. The van der Waals surface area contributed by atoms with Crippen LogP contribution in [0.15, 0.2) is 42.5 Å². The Bertz CT molecular complexity index is 1000. The highest BCUT2D eigenvalue weighted by molar-refractivity contribution is 5.86. The Morgan fingerprint density at radius 1 is 0.964 bits per heavy atom. The van der Waals surface area contributed by atoms with Crippen molar-refractivity contribution in [1.29, 1.82) is 0 Å². The number of nitrogens with zero attached hydrogens (tertiary/aromatic N) is 2. The molecule has 28 heavy (non-hydrogen) atoms. The summed E-state index contributed by atoms with van der Waals surface area (Å²) in [7, 11) is 0. The van der Waals surface area contributed by atoms with Crippen LogP contribution in [0.5, 0.6) is 0 Å². The number of rotatable bonds is 4. The van der Waals surface area contributed by atoms with Crippen LogP contribution in [0.1, 0.15) is 40.8 Å². The standard InChI is InChI=1S/C25H30N2O/c1-18-10-11-25-23(14-18)22-8-4-5-9-24(22)27(25)17-21(28)16-26-13-12-19-6-2-3-7-20(19)15-26/h2-3,6-7,10-11,14,21,28H,4-5,8-9,12-13,15-17H2,1H3. The Hall–Kier alpha value is -2.10. The zero-order chi connectivity index (χ0) is 19.1. The second-order valence-electron chi connectivity index (χ2n) is 8.67. The van der Waals surface area contributed by atoms with Crippen LogP contribution in [0.3, 0.4) is 0 Å². The van der Waals surface area contributed by atoms with Crippen LogP contribution >= 0.6 is 0 Å². The fourth-order valence-corrected chi connectivity index (χ4v) is 5.23. The predicted octanol–water partition coefficient (Wildman–Crippen LogP) is 4.25. The van der Waals surface area contributed by atoms with E-state index in [2.05, 4.69) is 58.9 Å². The Morgan fingerprint density at radius 3 is 2.68 bits per heavy atom. The maximum atomic E-state index is 11.0. The molecule has 3 nitrogen and oxygen atoms in total. The third-order valence-electron chi connectivity index (χ3n) is 6.60. The van der Waals surface area contributed by atoms with Gasteiger partial charge in [0.1, 0.15) is 0 Å². The van der Waals surface area contributed by atoms with Crippen molar-refractivity contribution in [2.45, 2.75) is 58.2 Å². The van der Waals surface area contributed by atoms with E-state index in [9.17, 15) is 5.11 Å². The van der Waals surface area contributed by atoms with E-state index in [1.54, 1.807) is 0 Å². The number of fused-ring (bicyclic) bond motifs is 4. The minimum Gasteiger partial charge on any atom is -0.390 e. The molecule has 3 aromatic rings. The molecule has 1 aliphatic carbocycles. The van der Waals surface area contributed by atoms with Crippen LogP contribution in [-0.2, 0) is 32.4 Å². The van der Waals surface area contributed by atoms with E-state index in [4.69, 9.17) is 0 Å². The maximum Gasteiger partial charge on any atom is 0.0845 e. The zero-order valence-corrected chi connectivity index (χ0v) is 16.8. The van der Waals surface area contributed by atoms with E-state index in [1.807, 2.05) is 0 Å². The summed E-state index contributed by atoms with van der Waals surface area (Å²) >= 11 is 0. The van der Waals surface area contributed by atoms with Crippen LogP contribution in [0, 0.1) is 6.92 Å². The van der Waals surface area contributed by atoms with E-state index in [0.717, 1.165) is 32.5 Å². The number of hydrogen-bond donors (Lipinski definition) is 1. The van der Waals surface area contributed by atoms with Crippen molar-refractivity contribution in [2.24, 2.45) is 0 Å². The highest BCUT2D eigenvalue weighted by Crippen LogP contribution is 2.33. The van der Waals surface area contributed by atoms with Crippen molar-refractivity contribution >= 4 is 10.9 Å². The normalized spacial score (nSPS) is 18.1. The lowest BCUT2D eigenvalue weighted by atomic mass is 9.95. The molecule has 0 radical (unpaired) electrons. The van der Waals surface area contributed by atoms with Gasteiger partial charge in [0, 0.05) is 36.2 Å². The third kappa shape index (κ3) is 3.27. The molecule has 0 fully saturated rings. The summed E-state index contributed by atoms with van der Waals surface area (Å²) in [5.41, 5.74) is 8.51. The van der Waals surface area contributed by atoms with E-state index in [1.165, 1.54) is 58.1 Å². The highest BCUT2D eigenvalue weighted by atomic mass is 16.3. The number of aliphatic hydroxyl groups is 1. The first-order valence-electron chi connectivity index (χ1n) is 10.8. The Labute approximate surface area is 167 Å². The van der Waals surface area contributed by atoms with Gasteiger partial charge in [0.05, 0.1) is 12.6 Å². The van der Waals surface area contributed by atoms with Gasteiger partial charge < -0.3 is 9.67 Å². The number of β-amino-alcohol motifs (C(OH)–C–C–N with tert-alkyl or cyclic N) is 1. The van der Waals surface area contributed by atoms with Crippen molar-refractivity contribution in [1.82, 2.24) is 9.47 Å². The smallest absolute Gasteiger partial charge is 0.0845 e. The van der Waals surface area contributed by atoms with Crippen LogP contribution in [0.2, 0.25) is 0 Å². The van der Waals surface area contributed by atoms with Crippen molar-refractivity contribution in [3.05, 3.63) is 70.4 Å². The van der Waals surface area contributed by atoms with Gasteiger partial charge in [-0.1, -0.05) is 35.9 Å². The minimum absolute atomic E-state index is 0.340. The molecule has 0 saturated carbocycles. The number of aliphatic hydroxyl groups excluding tert-OH is 1. The quantitative estimate of drug-likeness (QED) is 0.740. The summed E-state index contributed by atoms with van der Waals surface area (Å²) in [5, 5.41) is 12.4. The molecule has 2 aromatic carbocycles. The minimum atomic E-state index is -0.340. The number of benzene rings is 2. The lowest BCUT2D eigenvalue weighted by Gasteiger charge is -2.30. The van der Waals surface area contributed by atoms with E-state index < -0.39 is 0 Å². The lowest BCUT2D eigenvalue weighted by Crippen LogP contribution is -2.38. The van der Waals surface area contributed by atoms with Crippen LogP contribution < -0.4 is 0 Å².